The maximum atomic E-state index is 12.3. The summed E-state index contributed by atoms with van der Waals surface area (Å²) in [6, 6.07) is 6.20. The van der Waals surface area contributed by atoms with Crippen molar-refractivity contribution < 1.29 is 14.3 Å². The van der Waals surface area contributed by atoms with Crippen molar-refractivity contribution in [2.24, 2.45) is 23.0 Å². The van der Waals surface area contributed by atoms with Crippen LogP contribution in [0.1, 0.15) is 46.5 Å². The van der Waals surface area contributed by atoms with E-state index in [0.717, 1.165) is 44.5 Å². The van der Waals surface area contributed by atoms with Gasteiger partial charge in [-0.05, 0) is 72.7 Å². The average molecular weight is 453 g/mol. The van der Waals surface area contributed by atoms with Gasteiger partial charge in [0.15, 0.2) is 0 Å². The van der Waals surface area contributed by atoms with Gasteiger partial charge in [0, 0.05) is 23.5 Å². The Morgan fingerprint density at radius 2 is 2.03 bits per heavy atom. The Balaban J connectivity index is 1.39. The van der Waals surface area contributed by atoms with Crippen LogP contribution >= 0.6 is 21.0 Å². The van der Waals surface area contributed by atoms with Gasteiger partial charge in [-0.15, -0.1) is 21.0 Å². The fourth-order valence-electron chi connectivity index (χ4n) is 4.29. The van der Waals surface area contributed by atoms with E-state index >= 15 is 0 Å². The van der Waals surface area contributed by atoms with E-state index < -0.39 is 0 Å². The molecule has 2 N–H and O–H groups in total. The monoisotopic (exact) mass is 452 g/mol. The van der Waals surface area contributed by atoms with Gasteiger partial charge in [-0.3, -0.25) is 0 Å². The largest absolute Gasteiger partial charge is 0.494 e. The zero-order chi connectivity index (χ0) is 21.9. The van der Waals surface area contributed by atoms with Crippen LogP contribution in [0.4, 0.5) is 4.79 Å². The molecule has 1 aliphatic carbocycles. The normalized spacial score (nSPS) is 24.6. The Morgan fingerprint density at radius 1 is 1.33 bits per heavy atom. The van der Waals surface area contributed by atoms with Crippen LogP contribution in [-0.2, 0) is 4.74 Å². The second kappa shape index (κ2) is 9.67. The van der Waals surface area contributed by atoms with Gasteiger partial charge in [-0.1, -0.05) is 20.8 Å². The lowest BCUT2D eigenvalue weighted by molar-refractivity contribution is 0.0600. The molecule has 1 saturated carbocycles. The molecule has 1 aliphatic heterocycles. The van der Waals surface area contributed by atoms with Crippen molar-refractivity contribution in [1.82, 2.24) is 4.90 Å². The summed E-state index contributed by atoms with van der Waals surface area (Å²) in [5.74, 6) is 2.05. The molecular formula is C23H37N2O3PS. The van der Waals surface area contributed by atoms with Crippen molar-refractivity contribution in [2.45, 2.75) is 56.9 Å². The van der Waals surface area contributed by atoms with Crippen LogP contribution in [0.3, 0.4) is 0 Å². The number of carbonyl (C=O) groups is 1. The number of hydrogen-bond donors (Lipinski definition) is 1. The van der Waals surface area contributed by atoms with E-state index in [0.29, 0.717) is 25.0 Å². The third-order valence-corrected chi connectivity index (χ3v) is 7.71. The maximum absolute atomic E-state index is 12.3. The van der Waals surface area contributed by atoms with E-state index in [9.17, 15) is 4.79 Å². The smallest absolute Gasteiger partial charge is 0.409 e. The predicted octanol–water partition coefficient (Wildman–Crippen LogP) is 4.29. The van der Waals surface area contributed by atoms with Crippen molar-refractivity contribution in [3.63, 3.8) is 0 Å². The quantitative estimate of drug-likeness (QED) is 0.494. The molecule has 3 atom stereocenters. The molecule has 1 aromatic rings. The lowest BCUT2D eigenvalue weighted by Gasteiger charge is -2.33. The van der Waals surface area contributed by atoms with Gasteiger partial charge in [0.05, 0.1) is 13.2 Å². The van der Waals surface area contributed by atoms with Gasteiger partial charge in [0.2, 0.25) is 0 Å². The van der Waals surface area contributed by atoms with Crippen LogP contribution in [-0.4, -0.2) is 49.1 Å². The highest BCUT2D eigenvalue weighted by Gasteiger charge is 2.54. The first-order valence-corrected chi connectivity index (χ1v) is 12.7. The number of carbonyl (C=O) groups excluding carboxylic acids is 1. The number of thioether (sulfide) groups is 1. The molecule has 1 aromatic carbocycles. The Hall–Kier alpha value is -0.970. The van der Waals surface area contributed by atoms with E-state index in [-0.39, 0.29) is 17.0 Å². The van der Waals surface area contributed by atoms with E-state index in [4.69, 9.17) is 15.2 Å². The van der Waals surface area contributed by atoms with Crippen molar-refractivity contribution in [3.8, 4) is 5.75 Å². The van der Waals surface area contributed by atoms with Crippen molar-refractivity contribution in [3.05, 3.63) is 18.2 Å². The van der Waals surface area contributed by atoms with Gasteiger partial charge < -0.3 is 20.1 Å². The standard InChI is InChI=1S/C23H37N2O3PS/c1-22(2,3)15-28-21(26)25-10-7-16(8-11-25)18-14-23(18,24)9-12-27-17-5-6-20(30-4)19(29)13-17/h5-6,13,16,18H,7-12,14-15,24,29H2,1-4H3. The molecule has 3 rings (SSSR count). The van der Waals surface area contributed by atoms with Gasteiger partial charge in [0.1, 0.15) is 5.75 Å². The summed E-state index contributed by atoms with van der Waals surface area (Å²) in [6.45, 7) is 8.87. The maximum Gasteiger partial charge on any atom is 0.409 e. The zero-order valence-electron chi connectivity index (χ0n) is 18.8. The molecule has 2 aliphatic rings. The van der Waals surface area contributed by atoms with Gasteiger partial charge in [-0.25, -0.2) is 4.79 Å². The first-order valence-electron chi connectivity index (χ1n) is 10.9. The molecule has 1 saturated heterocycles. The van der Waals surface area contributed by atoms with Gasteiger partial charge in [0.25, 0.3) is 0 Å². The Labute approximate surface area is 188 Å². The number of rotatable bonds is 7. The van der Waals surface area contributed by atoms with E-state index in [1.165, 1.54) is 10.2 Å². The number of likely N-dealkylation sites (tertiary alicyclic amines) is 1. The van der Waals surface area contributed by atoms with Crippen LogP contribution in [0, 0.1) is 17.3 Å². The summed E-state index contributed by atoms with van der Waals surface area (Å²) in [6.07, 6.45) is 5.88. The topological polar surface area (TPSA) is 64.8 Å². The minimum Gasteiger partial charge on any atom is -0.494 e. The highest BCUT2D eigenvalue weighted by molar-refractivity contribution is 7.99. The molecule has 1 heterocycles. The van der Waals surface area contributed by atoms with E-state index in [1.54, 1.807) is 11.8 Å². The van der Waals surface area contributed by atoms with Crippen LogP contribution in [0.15, 0.2) is 23.1 Å². The molecule has 5 nitrogen and oxygen atoms in total. The summed E-state index contributed by atoms with van der Waals surface area (Å²) in [5.41, 5.74) is 6.55. The predicted molar refractivity (Wildman–Crippen MR) is 128 cm³/mol. The molecule has 7 heteroatoms. The third kappa shape index (κ3) is 6.27. The van der Waals surface area contributed by atoms with E-state index in [2.05, 4.69) is 48.4 Å². The molecular weight excluding hydrogens is 415 g/mol. The van der Waals surface area contributed by atoms with Crippen molar-refractivity contribution in [1.29, 1.82) is 0 Å². The summed E-state index contributed by atoms with van der Waals surface area (Å²) in [4.78, 5) is 15.4. The summed E-state index contributed by atoms with van der Waals surface area (Å²) in [7, 11) is 2.77. The fourth-order valence-corrected chi connectivity index (χ4v) is 5.40. The first kappa shape index (κ1) is 23.7. The minimum absolute atomic E-state index is 0.00223. The molecule has 2 fully saturated rings. The molecule has 1 amide bonds. The molecule has 168 valence electrons. The first-order chi connectivity index (χ1) is 14.1. The number of benzene rings is 1. The van der Waals surface area contributed by atoms with Crippen LogP contribution < -0.4 is 15.8 Å². The van der Waals surface area contributed by atoms with Crippen molar-refractivity contribution in [2.75, 3.05) is 32.6 Å². The van der Waals surface area contributed by atoms with Crippen molar-refractivity contribution >= 4 is 32.4 Å². The summed E-state index contributed by atoms with van der Waals surface area (Å²) >= 11 is 1.73. The third-order valence-electron chi connectivity index (χ3n) is 6.21. The fraction of sp³-hybridized carbons (Fsp3) is 0.696. The number of amides is 1. The average Bonchev–Trinajstić information content (AvgIpc) is 3.37. The molecule has 30 heavy (non-hydrogen) atoms. The molecule has 0 radical (unpaired) electrons. The number of piperidine rings is 1. The number of nitrogens with zero attached hydrogens (tertiary/aromatic N) is 1. The number of nitrogens with two attached hydrogens (primary N) is 1. The zero-order valence-corrected chi connectivity index (χ0v) is 20.7. The number of ether oxygens (including phenoxy) is 2. The minimum atomic E-state index is -0.174. The Bertz CT molecular complexity index is 746. The number of hydrogen-bond acceptors (Lipinski definition) is 5. The van der Waals surface area contributed by atoms with Gasteiger partial charge >= 0.3 is 6.09 Å². The highest BCUT2D eigenvalue weighted by atomic mass is 32.2. The molecule has 0 bridgehead atoms. The van der Waals surface area contributed by atoms with Gasteiger partial charge in [-0.2, -0.15) is 0 Å². The lowest BCUT2D eigenvalue weighted by atomic mass is 9.89. The second-order valence-electron chi connectivity index (χ2n) is 9.99. The summed E-state index contributed by atoms with van der Waals surface area (Å²) in [5, 5.41) is 1.17. The highest BCUT2D eigenvalue weighted by Crippen LogP contribution is 2.51. The van der Waals surface area contributed by atoms with E-state index in [1.807, 2.05) is 11.0 Å². The van der Waals surface area contributed by atoms with Crippen LogP contribution in [0.25, 0.3) is 0 Å². The van der Waals surface area contributed by atoms with Crippen LogP contribution in [0.5, 0.6) is 5.75 Å². The molecule has 0 aromatic heterocycles. The Kier molecular flexibility index (Phi) is 7.63. The lowest BCUT2D eigenvalue weighted by Crippen LogP contribution is -2.41. The van der Waals surface area contributed by atoms with Crippen LogP contribution in [0.2, 0.25) is 0 Å². The Morgan fingerprint density at radius 3 is 2.63 bits per heavy atom. The second-order valence-corrected chi connectivity index (χ2v) is 11.5. The SMILES string of the molecule is CSc1ccc(OCCC2(N)CC2C2CCN(C(=O)OCC(C)(C)C)CC2)cc1P. The summed E-state index contributed by atoms with van der Waals surface area (Å²) < 4.78 is 11.4. The molecule has 0 spiro atoms. The molecule has 3 unspecified atom stereocenters.